The minimum absolute atomic E-state index is 0.720. The van der Waals surface area contributed by atoms with Crippen molar-refractivity contribution in [3.05, 3.63) is 45.8 Å². The maximum absolute atomic E-state index is 4.60. The van der Waals surface area contributed by atoms with E-state index in [1.165, 1.54) is 22.6 Å². The van der Waals surface area contributed by atoms with E-state index >= 15 is 0 Å². The molecule has 0 amide bonds. The van der Waals surface area contributed by atoms with Gasteiger partial charge in [0.25, 0.3) is 0 Å². The lowest BCUT2D eigenvalue weighted by Gasteiger charge is -2.16. The molecule has 0 radical (unpaired) electrons. The standard InChI is InChI=1S/C19H27N5S/c1-3-16-7-8-17(25-16)14-23-19(20-2)22-13-15-6-9-18(21-12-15)24-10-4-5-11-24/h6-9,12H,3-5,10-11,13-14H2,1-2H3,(H2,20,22,23). The highest BCUT2D eigenvalue weighted by atomic mass is 32.1. The molecule has 0 bridgehead atoms. The molecule has 0 aromatic carbocycles. The molecule has 0 atom stereocenters. The minimum Gasteiger partial charge on any atom is -0.357 e. The number of aryl methyl sites for hydroxylation is 1. The average molecular weight is 358 g/mol. The first-order valence-electron chi connectivity index (χ1n) is 9.00. The van der Waals surface area contributed by atoms with Crippen LogP contribution in [0.5, 0.6) is 0 Å². The number of thiophene rings is 1. The van der Waals surface area contributed by atoms with E-state index in [0.717, 1.165) is 49.9 Å². The Morgan fingerprint density at radius 3 is 2.52 bits per heavy atom. The van der Waals surface area contributed by atoms with Crippen LogP contribution in [-0.4, -0.2) is 31.1 Å². The molecule has 3 heterocycles. The van der Waals surface area contributed by atoms with Crippen LogP contribution in [0.1, 0.15) is 35.1 Å². The van der Waals surface area contributed by atoms with E-state index in [9.17, 15) is 0 Å². The number of hydrogen-bond donors (Lipinski definition) is 2. The van der Waals surface area contributed by atoms with Gasteiger partial charge < -0.3 is 15.5 Å². The normalized spacial score (nSPS) is 14.8. The van der Waals surface area contributed by atoms with Gasteiger partial charge in [0.15, 0.2) is 5.96 Å². The van der Waals surface area contributed by atoms with Crippen LogP contribution >= 0.6 is 11.3 Å². The van der Waals surface area contributed by atoms with Crippen LogP contribution in [0.15, 0.2) is 35.5 Å². The van der Waals surface area contributed by atoms with E-state index in [2.05, 4.69) is 56.7 Å². The molecule has 5 nitrogen and oxygen atoms in total. The van der Waals surface area contributed by atoms with Gasteiger partial charge in [0.2, 0.25) is 0 Å². The second-order valence-electron chi connectivity index (χ2n) is 6.22. The van der Waals surface area contributed by atoms with Crippen LogP contribution in [-0.2, 0) is 19.5 Å². The number of aliphatic imine (C=N–C) groups is 1. The molecule has 1 saturated heterocycles. The lowest BCUT2D eigenvalue weighted by molar-refractivity contribution is 0.811. The summed E-state index contributed by atoms with van der Waals surface area (Å²) in [7, 11) is 1.80. The van der Waals surface area contributed by atoms with Gasteiger partial charge in [-0.15, -0.1) is 11.3 Å². The summed E-state index contributed by atoms with van der Waals surface area (Å²) in [4.78, 5) is 14.0. The SMILES string of the molecule is CCc1ccc(CNC(=NC)NCc2ccc(N3CCCC3)nc2)s1. The molecule has 1 aliphatic rings. The van der Waals surface area contributed by atoms with Gasteiger partial charge in [0, 0.05) is 42.6 Å². The highest BCUT2D eigenvalue weighted by molar-refractivity contribution is 7.11. The van der Waals surface area contributed by atoms with Gasteiger partial charge in [-0.25, -0.2) is 4.98 Å². The lowest BCUT2D eigenvalue weighted by atomic mass is 10.3. The Kier molecular flexibility index (Phi) is 6.28. The van der Waals surface area contributed by atoms with Crippen LogP contribution in [0.2, 0.25) is 0 Å². The average Bonchev–Trinajstić information content (AvgIpc) is 3.34. The monoisotopic (exact) mass is 357 g/mol. The molecule has 134 valence electrons. The first kappa shape index (κ1) is 17.7. The van der Waals surface area contributed by atoms with Crippen molar-refractivity contribution in [1.82, 2.24) is 15.6 Å². The Morgan fingerprint density at radius 2 is 1.88 bits per heavy atom. The summed E-state index contributed by atoms with van der Waals surface area (Å²) >= 11 is 1.85. The molecular weight excluding hydrogens is 330 g/mol. The third-order valence-corrected chi connectivity index (χ3v) is 5.65. The van der Waals surface area contributed by atoms with Gasteiger partial charge in [0.1, 0.15) is 5.82 Å². The van der Waals surface area contributed by atoms with Crippen LogP contribution < -0.4 is 15.5 Å². The fourth-order valence-corrected chi connectivity index (χ4v) is 3.84. The van der Waals surface area contributed by atoms with Gasteiger partial charge in [0.05, 0.1) is 6.54 Å². The Labute approximate surface area is 154 Å². The van der Waals surface area contributed by atoms with Crippen LogP contribution in [0.3, 0.4) is 0 Å². The quantitative estimate of drug-likeness (QED) is 0.616. The summed E-state index contributed by atoms with van der Waals surface area (Å²) in [6, 6.07) is 8.65. The number of hydrogen-bond acceptors (Lipinski definition) is 4. The highest BCUT2D eigenvalue weighted by Crippen LogP contribution is 2.18. The molecule has 0 spiro atoms. The third kappa shape index (κ3) is 4.95. The van der Waals surface area contributed by atoms with Crippen molar-refractivity contribution in [2.24, 2.45) is 4.99 Å². The maximum atomic E-state index is 4.60. The summed E-state index contributed by atoms with van der Waals surface area (Å²) in [5.74, 6) is 1.91. The largest absolute Gasteiger partial charge is 0.357 e. The number of rotatable bonds is 6. The summed E-state index contributed by atoms with van der Waals surface area (Å²) in [6.07, 6.45) is 5.60. The van der Waals surface area contributed by atoms with Crippen molar-refractivity contribution in [2.45, 2.75) is 39.3 Å². The molecule has 6 heteroatoms. The van der Waals surface area contributed by atoms with Crippen LogP contribution in [0.4, 0.5) is 5.82 Å². The van der Waals surface area contributed by atoms with E-state index in [1.807, 2.05) is 17.5 Å². The smallest absolute Gasteiger partial charge is 0.191 e. The second-order valence-corrected chi connectivity index (χ2v) is 7.47. The van der Waals surface area contributed by atoms with Crippen molar-refractivity contribution >= 4 is 23.1 Å². The first-order chi connectivity index (χ1) is 12.3. The lowest BCUT2D eigenvalue weighted by Crippen LogP contribution is -2.36. The van der Waals surface area contributed by atoms with E-state index in [1.54, 1.807) is 7.05 Å². The van der Waals surface area contributed by atoms with E-state index in [0.29, 0.717) is 0 Å². The molecule has 0 unspecified atom stereocenters. The summed E-state index contributed by atoms with van der Waals surface area (Å²) in [5.41, 5.74) is 1.16. The first-order valence-corrected chi connectivity index (χ1v) is 9.82. The Bertz CT molecular complexity index is 686. The van der Waals surface area contributed by atoms with Gasteiger partial charge in [-0.05, 0) is 43.0 Å². The maximum Gasteiger partial charge on any atom is 0.191 e. The predicted molar refractivity (Wildman–Crippen MR) is 106 cm³/mol. The van der Waals surface area contributed by atoms with Crippen molar-refractivity contribution in [3.8, 4) is 0 Å². The van der Waals surface area contributed by atoms with Crippen LogP contribution in [0, 0.1) is 0 Å². The van der Waals surface area contributed by atoms with E-state index < -0.39 is 0 Å². The number of nitrogens with zero attached hydrogens (tertiary/aromatic N) is 3. The molecule has 25 heavy (non-hydrogen) atoms. The molecule has 2 aromatic heterocycles. The molecule has 0 aliphatic carbocycles. The van der Waals surface area contributed by atoms with Gasteiger partial charge in [-0.3, -0.25) is 4.99 Å². The molecule has 2 aromatic rings. The number of aromatic nitrogens is 1. The second kappa shape index (κ2) is 8.85. The Hall–Kier alpha value is -2.08. The highest BCUT2D eigenvalue weighted by Gasteiger charge is 2.12. The topological polar surface area (TPSA) is 52.6 Å². The van der Waals surface area contributed by atoms with Gasteiger partial charge in [-0.2, -0.15) is 0 Å². The van der Waals surface area contributed by atoms with E-state index in [-0.39, 0.29) is 0 Å². The molecule has 1 fully saturated rings. The third-order valence-electron chi connectivity index (χ3n) is 4.42. The van der Waals surface area contributed by atoms with E-state index in [4.69, 9.17) is 0 Å². The molecule has 2 N–H and O–H groups in total. The van der Waals surface area contributed by atoms with Crippen molar-refractivity contribution in [3.63, 3.8) is 0 Å². The predicted octanol–water partition coefficient (Wildman–Crippen LogP) is 3.17. The Balaban J connectivity index is 1.47. The molecule has 3 rings (SSSR count). The van der Waals surface area contributed by atoms with Gasteiger partial charge in [-0.1, -0.05) is 13.0 Å². The molecule has 1 aliphatic heterocycles. The summed E-state index contributed by atoms with van der Waals surface area (Å²) < 4.78 is 0. The van der Waals surface area contributed by atoms with Crippen LogP contribution in [0.25, 0.3) is 0 Å². The van der Waals surface area contributed by atoms with Crippen molar-refractivity contribution in [2.75, 3.05) is 25.0 Å². The Morgan fingerprint density at radius 1 is 1.12 bits per heavy atom. The number of guanidine groups is 1. The molecule has 0 saturated carbocycles. The fourth-order valence-electron chi connectivity index (χ4n) is 2.94. The number of nitrogens with one attached hydrogen (secondary N) is 2. The van der Waals surface area contributed by atoms with Crippen molar-refractivity contribution in [1.29, 1.82) is 0 Å². The zero-order valence-electron chi connectivity index (χ0n) is 15.1. The fraction of sp³-hybridized carbons (Fsp3) is 0.474. The zero-order valence-corrected chi connectivity index (χ0v) is 15.9. The summed E-state index contributed by atoms with van der Waals surface area (Å²) in [6.45, 7) is 5.97. The zero-order chi connectivity index (χ0) is 17.5. The van der Waals surface area contributed by atoms with Gasteiger partial charge >= 0.3 is 0 Å². The van der Waals surface area contributed by atoms with Crippen molar-refractivity contribution < 1.29 is 0 Å². The number of anilines is 1. The minimum atomic E-state index is 0.720. The molecular formula is C19H27N5S. The number of pyridine rings is 1. The summed E-state index contributed by atoms with van der Waals surface area (Å²) in [5, 5.41) is 6.73.